The van der Waals surface area contributed by atoms with Crippen LogP contribution in [0.4, 0.5) is 22.7 Å². The van der Waals surface area contributed by atoms with Crippen LogP contribution in [0.2, 0.25) is 0 Å². The van der Waals surface area contributed by atoms with E-state index in [1.54, 1.807) is 97.1 Å². The summed E-state index contributed by atoms with van der Waals surface area (Å²) in [5.74, 6) is 0.333. The first-order valence-corrected chi connectivity index (χ1v) is 26.7. The third-order valence-corrected chi connectivity index (χ3v) is 12.4. The normalized spacial score (nSPS) is 10.3. The van der Waals surface area contributed by atoms with Crippen LogP contribution in [0.15, 0.2) is 238 Å². The summed E-state index contributed by atoms with van der Waals surface area (Å²) in [6.45, 7) is 14.6. The molecule has 0 spiro atoms. The van der Waals surface area contributed by atoms with Gasteiger partial charge in [-0.25, -0.2) is 0 Å². The van der Waals surface area contributed by atoms with Crippen LogP contribution >= 0.6 is 0 Å². The number of para-hydroxylation sites is 12. The predicted octanol–water partition coefficient (Wildman–Crippen LogP) is 12.2. The molecule has 10 aromatic carbocycles. The number of hydrogen-bond donors (Lipinski definition) is 0. The van der Waals surface area contributed by atoms with Gasteiger partial charge in [-0.2, -0.15) is 0 Å². The molecule has 0 unspecified atom stereocenters. The van der Waals surface area contributed by atoms with Crippen molar-refractivity contribution in [1.29, 1.82) is 0 Å². The largest absolute Gasteiger partial charge is 4.00 e. The fourth-order valence-corrected chi connectivity index (χ4v) is 7.47. The first kappa shape index (κ1) is 71.0. The van der Waals surface area contributed by atoms with Crippen molar-refractivity contribution in [2.75, 3.05) is 0 Å². The quantitative estimate of drug-likeness (QED) is 0.105. The molecule has 0 atom stereocenters. The van der Waals surface area contributed by atoms with Gasteiger partial charge in [0.1, 0.15) is 0 Å². The van der Waals surface area contributed by atoms with Gasteiger partial charge in [0.2, 0.25) is 0 Å². The molecular weight excluding hydrogens is 1140 g/mol. The summed E-state index contributed by atoms with van der Waals surface area (Å²) in [4.78, 5) is 17.4. The van der Waals surface area contributed by atoms with Crippen LogP contribution in [0.25, 0.3) is 0 Å². The number of aryl methyl sites for hydroxylation is 8. The van der Waals surface area contributed by atoms with Gasteiger partial charge in [0, 0.05) is 24.9 Å². The second-order valence-corrected chi connectivity index (χ2v) is 19.0. The maximum absolute atomic E-state index is 11.7. The van der Waals surface area contributed by atoms with E-state index in [2.05, 4.69) is 20.0 Å². The van der Waals surface area contributed by atoms with E-state index in [1.807, 2.05) is 152 Å². The smallest absolute Gasteiger partial charge is 0.872 e. The summed E-state index contributed by atoms with van der Waals surface area (Å²) in [5.41, 5.74) is 11.2. The van der Waals surface area contributed by atoms with Gasteiger partial charge in [-0.1, -0.05) is 239 Å². The number of nitrogens with zero attached hydrogens (tertiary/aromatic N) is 4. The van der Waals surface area contributed by atoms with Crippen LogP contribution < -0.4 is 40.9 Å². The molecular formula is C72H64N4O8Ti2. The summed E-state index contributed by atoms with van der Waals surface area (Å²) >= 11 is 0. The summed E-state index contributed by atoms with van der Waals surface area (Å²) in [6, 6.07) is 63.6. The van der Waals surface area contributed by atoms with Crippen molar-refractivity contribution < 1.29 is 84.3 Å². The monoisotopic (exact) mass is 1210 g/mol. The number of benzene rings is 10. The Balaban J connectivity index is 0.000000287. The van der Waals surface area contributed by atoms with Gasteiger partial charge in [0.25, 0.3) is 0 Å². The van der Waals surface area contributed by atoms with Crippen molar-refractivity contribution in [3.63, 3.8) is 0 Å². The van der Waals surface area contributed by atoms with E-state index in [0.29, 0.717) is 45.0 Å². The summed E-state index contributed by atoms with van der Waals surface area (Å²) in [7, 11) is 0. The van der Waals surface area contributed by atoms with E-state index in [9.17, 15) is 40.9 Å². The molecule has 0 aliphatic heterocycles. The average Bonchev–Trinajstić information content (AvgIpc) is 3.60. The zero-order valence-corrected chi connectivity index (χ0v) is 52.3. The molecule has 0 aliphatic carbocycles. The van der Waals surface area contributed by atoms with Crippen molar-refractivity contribution >= 4 is 47.6 Å². The summed E-state index contributed by atoms with van der Waals surface area (Å²) in [5, 5.41) is 90.7. The molecule has 428 valence electrons. The zero-order valence-electron chi connectivity index (χ0n) is 49.1. The number of rotatable bonds is 8. The topological polar surface area (TPSA) is 234 Å². The van der Waals surface area contributed by atoms with E-state index in [0.717, 1.165) is 44.5 Å². The molecule has 0 heterocycles. The molecule has 0 amide bonds. The Morgan fingerprint density at radius 2 is 0.360 bits per heavy atom. The Morgan fingerprint density at radius 3 is 0.512 bits per heavy atom. The van der Waals surface area contributed by atoms with Crippen molar-refractivity contribution in [2.24, 2.45) is 20.0 Å². The minimum absolute atomic E-state index is 0. The van der Waals surface area contributed by atoms with Crippen LogP contribution in [-0.2, 0) is 43.4 Å². The van der Waals surface area contributed by atoms with Gasteiger partial charge < -0.3 is 40.9 Å². The van der Waals surface area contributed by atoms with Gasteiger partial charge in [0.15, 0.2) is 0 Å². The Bertz CT molecular complexity index is 3290. The Morgan fingerprint density at radius 1 is 0.209 bits per heavy atom. The maximum Gasteiger partial charge on any atom is 4.00 e. The van der Waals surface area contributed by atoms with Crippen LogP contribution in [0, 0.1) is 55.4 Å². The average molecular weight is 1210 g/mol. The Hall–Kier alpha value is -9.29. The van der Waals surface area contributed by atoms with Gasteiger partial charge in [-0.15, -0.1) is 46.0 Å². The second-order valence-electron chi connectivity index (χ2n) is 19.0. The van der Waals surface area contributed by atoms with Crippen LogP contribution in [0.5, 0.6) is 46.0 Å². The maximum atomic E-state index is 11.7. The fraction of sp³-hybridized carbons (Fsp3) is 0.111. The van der Waals surface area contributed by atoms with Crippen molar-refractivity contribution in [3.05, 3.63) is 285 Å². The molecule has 12 nitrogen and oxygen atoms in total. The molecule has 86 heavy (non-hydrogen) atoms. The molecule has 14 heteroatoms. The zero-order chi connectivity index (χ0) is 61.0. The fourth-order valence-electron chi connectivity index (χ4n) is 7.47. The third kappa shape index (κ3) is 23.0. The van der Waals surface area contributed by atoms with Crippen molar-refractivity contribution in [2.45, 2.75) is 55.4 Å². The molecule has 10 rings (SSSR count). The first-order valence-electron chi connectivity index (χ1n) is 26.7. The van der Waals surface area contributed by atoms with E-state index in [-0.39, 0.29) is 89.4 Å². The minimum Gasteiger partial charge on any atom is -0.872 e. The molecule has 10 aromatic rings. The van der Waals surface area contributed by atoms with E-state index in [1.165, 1.54) is 49.1 Å². The van der Waals surface area contributed by atoms with Gasteiger partial charge in [-0.3, -0.25) is 20.0 Å². The second kappa shape index (κ2) is 37.1. The number of aliphatic imine (C=N–C) groups is 4. The van der Waals surface area contributed by atoms with Crippen LogP contribution in [-0.4, -0.2) is 24.9 Å². The summed E-state index contributed by atoms with van der Waals surface area (Å²) < 4.78 is 0. The third-order valence-electron chi connectivity index (χ3n) is 12.4. The van der Waals surface area contributed by atoms with E-state index < -0.39 is 0 Å². The minimum atomic E-state index is -0.0810. The molecule has 0 bridgehead atoms. The van der Waals surface area contributed by atoms with Gasteiger partial charge in [-0.05, 0) is 102 Å². The van der Waals surface area contributed by atoms with Crippen LogP contribution in [0.1, 0.15) is 66.8 Å². The number of hydrogen-bond acceptors (Lipinski definition) is 12. The molecule has 0 radical (unpaired) electrons. The van der Waals surface area contributed by atoms with Gasteiger partial charge >= 0.3 is 43.4 Å². The van der Waals surface area contributed by atoms with Crippen LogP contribution in [0.3, 0.4) is 0 Å². The molecule has 0 saturated carbocycles. The first-order chi connectivity index (χ1) is 40.3. The van der Waals surface area contributed by atoms with E-state index in [4.69, 9.17) is 0 Å². The molecule has 0 fully saturated rings. The summed E-state index contributed by atoms with van der Waals surface area (Å²) in [6.07, 6.45) is 6.10. The van der Waals surface area contributed by atoms with Gasteiger partial charge in [0.05, 0.1) is 22.7 Å². The standard InChI is InChI=1S/2C20H16N2O2.4C8H10O.2Ti/c2*23-19-11-5-1-7-15(19)13-21-17-9-3-4-10-18(17)22-14-16-8-2-6-12-20(16)24;4*1-6-4-3-5-7(2)8(6)9;;/h2*1-14,23-24H;4*3-5,9H,1-2H3;;/q;;;;;;2*+4/p-8. The Labute approximate surface area is 534 Å². The SMILES string of the molecule is Cc1cccc(C)c1[O-].Cc1cccc(C)c1[O-].Cc1cccc(C)c1[O-].Cc1cccc(C)c1[O-].[O-]c1ccccc1C=Nc1ccccc1N=Cc1ccccc1[O-].[O-]c1ccccc1C=Nc1ccccc1N=Cc1ccccc1[O-].[Ti+4].[Ti+4]. The Kier molecular flexibility index (Phi) is 30.6. The van der Waals surface area contributed by atoms with E-state index >= 15 is 0 Å². The molecule has 0 saturated heterocycles. The predicted molar refractivity (Wildman–Crippen MR) is 327 cm³/mol. The molecule has 0 N–H and O–H groups in total. The van der Waals surface area contributed by atoms with Crippen molar-refractivity contribution in [3.8, 4) is 46.0 Å². The molecule has 0 aromatic heterocycles. The molecule has 0 aliphatic rings. The van der Waals surface area contributed by atoms with Crippen molar-refractivity contribution in [1.82, 2.24) is 0 Å².